The number of hydrogen-bond acceptors (Lipinski definition) is 5. The predicted octanol–water partition coefficient (Wildman–Crippen LogP) is 0.692. The third-order valence-electron chi connectivity index (χ3n) is 1.50. The molecular weight excluding hydrogens is 216 g/mol. The highest BCUT2D eigenvalue weighted by molar-refractivity contribution is 5.71. The molecule has 0 spiro atoms. The van der Waals surface area contributed by atoms with Crippen LogP contribution in [0.2, 0.25) is 0 Å². The van der Waals surface area contributed by atoms with Crippen molar-refractivity contribution in [1.29, 1.82) is 0 Å². The summed E-state index contributed by atoms with van der Waals surface area (Å²) in [5, 5.41) is 8.19. The van der Waals surface area contributed by atoms with Gasteiger partial charge in [0, 0.05) is 13.7 Å². The van der Waals surface area contributed by atoms with Crippen LogP contribution in [0.25, 0.3) is 0 Å². The smallest absolute Gasteiger partial charge is 0.332 e. The molecule has 0 bridgehead atoms. The van der Waals surface area contributed by atoms with Crippen molar-refractivity contribution in [1.82, 2.24) is 0 Å². The lowest BCUT2D eigenvalue weighted by molar-refractivity contribution is -0.148. The molecule has 1 N–H and O–H groups in total. The lowest BCUT2D eigenvalue weighted by atomic mass is 10.4. The number of hydrogen-bond donors (Lipinski definition) is 1. The Hall–Kier alpha value is -1.14. The summed E-state index contributed by atoms with van der Waals surface area (Å²) in [7, 11) is 2.90. The van der Waals surface area contributed by atoms with E-state index in [2.05, 4.69) is 9.47 Å². The van der Waals surface area contributed by atoms with Gasteiger partial charge in [-0.25, -0.2) is 4.79 Å². The molecule has 0 aromatic rings. The molecule has 96 valence electrons. The first kappa shape index (κ1) is 17.3. The second-order valence-electron chi connectivity index (χ2n) is 2.75. The van der Waals surface area contributed by atoms with Crippen molar-refractivity contribution in [2.24, 2.45) is 0 Å². The number of carbonyl (C=O) groups is 2. The van der Waals surface area contributed by atoms with Crippen LogP contribution >= 0.6 is 0 Å². The number of rotatable bonds is 6. The maximum absolute atomic E-state index is 10.3. The summed E-state index contributed by atoms with van der Waals surface area (Å²) in [6.07, 6.45) is -0.326. The van der Waals surface area contributed by atoms with Gasteiger partial charge >= 0.3 is 11.9 Å². The van der Waals surface area contributed by atoms with E-state index in [-0.39, 0.29) is 5.97 Å². The van der Waals surface area contributed by atoms with Crippen molar-refractivity contribution in [2.75, 3.05) is 27.4 Å². The lowest BCUT2D eigenvalue weighted by Gasteiger charge is -2.03. The van der Waals surface area contributed by atoms with E-state index >= 15 is 0 Å². The van der Waals surface area contributed by atoms with Crippen molar-refractivity contribution in [3.05, 3.63) is 0 Å². The Bertz CT molecular complexity index is 190. The van der Waals surface area contributed by atoms with E-state index in [1.807, 2.05) is 0 Å². The van der Waals surface area contributed by atoms with E-state index in [1.165, 1.54) is 14.0 Å². The maximum atomic E-state index is 10.3. The number of carboxylic acids is 1. The normalized spacial score (nSPS) is 11.0. The zero-order chi connectivity index (χ0) is 13.0. The molecule has 0 saturated carbocycles. The van der Waals surface area contributed by atoms with Crippen LogP contribution in [0.5, 0.6) is 0 Å². The molecule has 0 saturated heterocycles. The summed E-state index contributed by atoms with van der Waals surface area (Å²) >= 11 is 0. The highest BCUT2D eigenvalue weighted by atomic mass is 16.5. The molecule has 6 nitrogen and oxygen atoms in total. The number of carbonyl (C=O) groups excluding carboxylic acids is 1. The van der Waals surface area contributed by atoms with Crippen LogP contribution in [-0.2, 0) is 23.8 Å². The molecule has 0 rings (SSSR count). The fourth-order valence-corrected chi connectivity index (χ4v) is 0.609. The molecule has 1 atom stereocenters. The molecule has 0 aliphatic rings. The van der Waals surface area contributed by atoms with Crippen molar-refractivity contribution in [3.8, 4) is 0 Å². The van der Waals surface area contributed by atoms with Gasteiger partial charge in [0.2, 0.25) is 0 Å². The van der Waals surface area contributed by atoms with Crippen molar-refractivity contribution >= 4 is 11.9 Å². The standard InChI is InChI=1S/2C5H10O3/c1-7-4-3-5(6)8-2;1-3-8-4(2)5(6)7/h3-4H2,1-2H3;4H,3H2,1-2H3,(H,6,7). The van der Waals surface area contributed by atoms with Gasteiger partial charge in [0.1, 0.15) is 0 Å². The predicted molar refractivity (Wildman–Crippen MR) is 57.2 cm³/mol. The van der Waals surface area contributed by atoms with Crippen LogP contribution in [0.1, 0.15) is 20.3 Å². The Morgan fingerprint density at radius 3 is 2.12 bits per heavy atom. The summed E-state index contributed by atoms with van der Waals surface area (Å²) in [6.45, 7) is 4.16. The van der Waals surface area contributed by atoms with Crippen LogP contribution < -0.4 is 0 Å². The van der Waals surface area contributed by atoms with Crippen LogP contribution in [-0.4, -0.2) is 50.6 Å². The first-order valence-corrected chi connectivity index (χ1v) is 4.89. The van der Waals surface area contributed by atoms with Crippen LogP contribution in [0, 0.1) is 0 Å². The summed E-state index contributed by atoms with van der Waals surface area (Å²) in [5.74, 6) is -1.14. The van der Waals surface area contributed by atoms with Gasteiger partial charge in [-0.3, -0.25) is 4.79 Å². The van der Waals surface area contributed by atoms with Crippen LogP contribution in [0.3, 0.4) is 0 Å². The molecule has 0 aromatic carbocycles. The zero-order valence-corrected chi connectivity index (χ0v) is 10.2. The fourth-order valence-electron chi connectivity index (χ4n) is 0.609. The maximum Gasteiger partial charge on any atom is 0.332 e. The zero-order valence-electron chi connectivity index (χ0n) is 10.2. The van der Waals surface area contributed by atoms with Gasteiger partial charge in [0.05, 0.1) is 20.1 Å². The van der Waals surface area contributed by atoms with E-state index in [0.717, 1.165) is 0 Å². The van der Waals surface area contributed by atoms with Gasteiger partial charge in [-0.05, 0) is 13.8 Å². The van der Waals surface area contributed by atoms with Gasteiger partial charge in [-0.1, -0.05) is 0 Å². The van der Waals surface area contributed by atoms with Crippen molar-refractivity contribution < 1.29 is 28.9 Å². The fraction of sp³-hybridized carbons (Fsp3) is 0.800. The van der Waals surface area contributed by atoms with E-state index in [4.69, 9.17) is 9.84 Å². The monoisotopic (exact) mass is 236 g/mol. The SMILES string of the molecule is CCOC(C)C(=O)O.COCCC(=O)OC. The third-order valence-corrected chi connectivity index (χ3v) is 1.50. The number of aliphatic carboxylic acids is 1. The second-order valence-corrected chi connectivity index (χ2v) is 2.75. The first-order valence-electron chi connectivity index (χ1n) is 4.89. The molecule has 0 heterocycles. The largest absolute Gasteiger partial charge is 0.479 e. The summed E-state index contributed by atoms with van der Waals surface area (Å²) in [6, 6.07) is 0. The topological polar surface area (TPSA) is 82.1 Å². The molecule has 6 heteroatoms. The Morgan fingerprint density at radius 2 is 1.88 bits per heavy atom. The van der Waals surface area contributed by atoms with Gasteiger partial charge in [0.15, 0.2) is 6.10 Å². The van der Waals surface area contributed by atoms with Crippen LogP contribution in [0.4, 0.5) is 0 Å². The average Bonchev–Trinajstić information content (AvgIpc) is 2.27. The highest BCUT2D eigenvalue weighted by Crippen LogP contribution is 1.87. The summed E-state index contributed by atoms with van der Waals surface area (Å²) < 4.78 is 13.7. The van der Waals surface area contributed by atoms with Gasteiger partial charge in [-0.2, -0.15) is 0 Å². The molecule has 0 aromatic heterocycles. The number of carboxylic acid groups (broad SMARTS) is 1. The molecule has 16 heavy (non-hydrogen) atoms. The number of esters is 1. The summed E-state index contributed by atoms with van der Waals surface area (Å²) in [5.41, 5.74) is 0. The van der Waals surface area contributed by atoms with E-state index in [0.29, 0.717) is 19.6 Å². The Balaban J connectivity index is 0. The highest BCUT2D eigenvalue weighted by Gasteiger charge is 2.07. The Kier molecular flexibility index (Phi) is 12.9. The van der Waals surface area contributed by atoms with E-state index < -0.39 is 12.1 Å². The van der Waals surface area contributed by atoms with Crippen molar-refractivity contribution in [2.45, 2.75) is 26.4 Å². The van der Waals surface area contributed by atoms with Gasteiger partial charge in [-0.15, -0.1) is 0 Å². The molecule has 0 amide bonds. The first-order chi connectivity index (χ1) is 7.49. The molecule has 0 fully saturated rings. The molecular formula is C10H20O6. The summed E-state index contributed by atoms with van der Waals surface area (Å²) in [4.78, 5) is 20.2. The van der Waals surface area contributed by atoms with Gasteiger partial charge < -0.3 is 19.3 Å². The van der Waals surface area contributed by atoms with Crippen LogP contribution in [0.15, 0.2) is 0 Å². The van der Waals surface area contributed by atoms with E-state index in [1.54, 1.807) is 14.0 Å². The minimum absolute atomic E-state index is 0.230. The van der Waals surface area contributed by atoms with Crippen molar-refractivity contribution in [3.63, 3.8) is 0 Å². The number of methoxy groups -OCH3 is 2. The quantitative estimate of drug-likeness (QED) is 0.683. The average molecular weight is 236 g/mol. The minimum atomic E-state index is -0.910. The number of ether oxygens (including phenoxy) is 3. The molecule has 0 aliphatic carbocycles. The lowest BCUT2D eigenvalue weighted by Crippen LogP contribution is -2.19. The Morgan fingerprint density at radius 1 is 1.31 bits per heavy atom. The molecule has 1 unspecified atom stereocenters. The van der Waals surface area contributed by atoms with Gasteiger partial charge in [0.25, 0.3) is 0 Å². The molecule has 0 radical (unpaired) electrons. The Labute approximate surface area is 95.5 Å². The van der Waals surface area contributed by atoms with E-state index in [9.17, 15) is 9.59 Å². The third kappa shape index (κ3) is 12.9. The molecule has 0 aliphatic heterocycles. The minimum Gasteiger partial charge on any atom is -0.479 e. The second kappa shape index (κ2) is 11.9.